The van der Waals surface area contributed by atoms with E-state index in [0.717, 1.165) is 19.3 Å². The number of benzene rings is 1. The maximum atomic E-state index is 12.6. The molecule has 1 fully saturated rings. The average Bonchev–Trinajstić information content (AvgIpc) is 3.21. The summed E-state index contributed by atoms with van der Waals surface area (Å²) in [7, 11) is 1.58. The van der Waals surface area contributed by atoms with Crippen LogP contribution in [0.3, 0.4) is 0 Å². The lowest BCUT2D eigenvalue weighted by atomic mass is 9.96. The van der Waals surface area contributed by atoms with Gasteiger partial charge in [0.15, 0.2) is 0 Å². The van der Waals surface area contributed by atoms with E-state index < -0.39 is 0 Å². The predicted molar refractivity (Wildman–Crippen MR) is 117 cm³/mol. The lowest BCUT2D eigenvalue weighted by Gasteiger charge is -2.32. The molecule has 9 nitrogen and oxygen atoms in total. The van der Waals surface area contributed by atoms with E-state index in [1.165, 1.54) is 10.9 Å². The van der Waals surface area contributed by atoms with Crippen molar-refractivity contribution < 1.29 is 19.1 Å². The molecule has 0 saturated carbocycles. The number of hydrogen-bond acceptors (Lipinski definition) is 5. The van der Waals surface area contributed by atoms with Crippen LogP contribution in [0.25, 0.3) is 0 Å². The lowest BCUT2D eigenvalue weighted by Crippen LogP contribution is -2.43. The second-order valence-corrected chi connectivity index (χ2v) is 7.62. The number of hydrogen-bond donors (Lipinski definition) is 2. The highest BCUT2D eigenvalue weighted by atomic mass is 16.5. The fourth-order valence-electron chi connectivity index (χ4n) is 3.57. The molecule has 0 aliphatic carbocycles. The summed E-state index contributed by atoms with van der Waals surface area (Å²) >= 11 is 0. The summed E-state index contributed by atoms with van der Waals surface area (Å²) in [6.45, 7) is 3.15. The Hall–Kier alpha value is -3.36. The molecule has 0 bridgehead atoms. The van der Waals surface area contributed by atoms with Gasteiger partial charge in [-0.3, -0.25) is 19.1 Å². The molecule has 1 aliphatic rings. The minimum atomic E-state index is -0.240. The van der Waals surface area contributed by atoms with Crippen molar-refractivity contribution in [3.63, 3.8) is 0 Å². The first-order valence-electron chi connectivity index (χ1n) is 10.5. The van der Waals surface area contributed by atoms with Crippen LogP contribution in [0.5, 0.6) is 5.75 Å². The smallest absolute Gasteiger partial charge is 0.246 e. The highest BCUT2D eigenvalue weighted by Crippen LogP contribution is 2.20. The molecular formula is C22H29N5O4. The van der Waals surface area contributed by atoms with E-state index >= 15 is 0 Å². The van der Waals surface area contributed by atoms with Gasteiger partial charge in [-0.2, -0.15) is 5.10 Å². The largest absolute Gasteiger partial charge is 0.497 e. The van der Waals surface area contributed by atoms with Crippen molar-refractivity contribution >= 4 is 29.1 Å². The summed E-state index contributed by atoms with van der Waals surface area (Å²) in [5.74, 6) is 0.216. The van der Waals surface area contributed by atoms with E-state index in [9.17, 15) is 14.4 Å². The zero-order valence-corrected chi connectivity index (χ0v) is 18.0. The fourth-order valence-corrected chi connectivity index (χ4v) is 3.57. The molecule has 9 heteroatoms. The van der Waals surface area contributed by atoms with Crippen LogP contribution >= 0.6 is 0 Å². The topological polar surface area (TPSA) is 106 Å². The molecule has 0 spiro atoms. The molecule has 31 heavy (non-hydrogen) atoms. The predicted octanol–water partition coefficient (Wildman–Crippen LogP) is 2.51. The van der Waals surface area contributed by atoms with Gasteiger partial charge < -0.3 is 20.3 Å². The van der Waals surface area contributed by atoms with Crippen molar-refractivity contribution in [1.29, 1.82) is 0 Å². The van der Waals surface area contributed by atoms with Gasteiger partial charge in [0.25, 0.3) is 0 Å². The number of ether oxygens (including phenoxy) is 1. The van der Waals surface area contributed by atoms with E-state index in [-0.39, 0.29) is 30.2 Å². The number of carbonyl (C=O) groups excluding carboxylic acids is 3. The molecular weight excluding hydrogens is 398 g/mol. The first kappa shape index (κ1) is 22.3. The second-order valence-electron chi connectivity index (χ2n) is 7.62. The summed E-state index contributed by atoms with van der Waals surface area (Å²) in [5.41, 5.74) is 1.19. The maximum Gasteiger partial charge on any atom is 0.246 e. The molecule has 1 aliphatic heterocycles. The first-order chi connectivity index (χ1) is 15.0. The number of carbonyl (C=O) groups is 3. The van der Waals surface area contributed by atoms with Crippen molar-refractivity contribution in [2.45, 2.75) is 39.2 Å². The van der Waals surface area contributed by atoms with E-state index in [4.69, 9.17) is 4.74 Å². The number of methoxy groups -OCH3 is 1. The Morgan fingerprint density at radius 1 is 1.16 bits per heavy atom. The molecule has 2 heterocycles. The number of likely N-dealkylation sites (tertiary alicyclic amines) is 1. The number of anilines is 2. The van der Waals surface area contributed by atoms with Crippen LogP contribution < -0.4 is 15.4 Å². The van der Waals surface area contributed by atoms with E-state index in [0.29, 0.717) is 36.6 Å². The van der Waals surface area contributed by atoms with Crippen LogP contribution in [0, 0.1) is 5.92 Å². The third kappa shape index (κ3) is 6.31. The van der Waals surface area contributed by atoms with Crippen LogP contribution in [0.1, 0.15) is 32.6 Å². The molecule has 0 radical (unpaired) electrons. The average molecular weight is 428 g/mol. The first-order valence-corrected chi connectivity index (χ1v) is 10.5. The monoisotopic (exact) mass is 427 g/mol. The van der Waals surface area contributed by atoms with Gasteiger partial charge in [0.05, 0.1) is 24.9 Å². The van der Waals surface area contributed by atoms with Gasteiger partial charge in [0, 0.05) is 31.4 Å². The Morgan fingerprint density at radius 2 is 1.94 bits per heavy atom. The van der Waals surface area contributed by atoms with Crippen LogP contribution in [-0.2, 0) is 20.9 Å². The van der Waals surface area contributed by atoms with Crippen molar-refractivity contribution in [3.8, 4) is 5.75 Å². The molecule has 1 unspecified atom stereocenters. The summed E-state index contributed by atoms with van der Waals surface area (Å²) in [6, 6.07) is 7.03. The maximum absolute atomic E-state index is 12.6. The SMILES string of the molecule is CCCC(=O)N1CCCC(C(=O)Nc2cnn(CC(=O)Nc3ccc(OC)cc3)c2)C1. The molecule has 1 aromatic heterocycles. The molecule has 3 rings (SSSR count). The molecule has 1 aromatic carbocycles. The number of nitrogens with zero attached hydrogens (tertiary/aromatic N) is 3. The molecule has 1 atom stereocenters. The Balaban J connectivity index is 1.50. The van der Waals surface area contributed by atoms with Crippen LogP contribution in [-0.4, -0.2) is 52.6 Å². The minimum absolute atomic E-state index is 0.0185. The van der Waals surface area contributed by atoms with Gasteiger partial charge in [-0.25, -0.2) is 0 Å². The summed E-state index contributed by atoms with van der Waals surface area (Å²) in [5, 5.41) is 9.79. The van der Waals surface area contributed by atoms with Gasteiger partial charge in [0.1, 0.15) is 12.3 Å². The van der Waals surface area contributed by atoms with Crippen molar-refractivity contribution in [2.24, 2.45) is 5.92 Å². The summed E-state index contributed by atoms with van der Waals surface area (Å²) in [6.07, 6.45) is 6.02. The number of amides is 3. The third-order valence-electron chi connectivity index (χ3n) is 5.19. The van der Waals surface area contributed by atoms with Crippen molar-refractivity contribution in [3.05, 3.63) is 36.7 Å². The van der Waals surface area contributed by atoms with Crippen LogP contribution in [0.15, 0.2) is 36.7 Å². The van der Waals surface area contributed by atoms with Gasteiger partial charge in [-0.15, -0.1) is 0 Å². The normalized spacial score (nSPS) is 15.9. The zero-order chi connectivity index (χ0) is 22.2. The van der Waals surface area contributed by atoms with E-state index in [1.807, 2.05) is 6.92 Å². The number of nitrogens with one attached hydrogen (secondary N) is 2. The highest BCUT2D eigenvalue weighted by molar-refractivity contribution is 5.93. The van der Waals surface area contributed by atoms with Crippen molar-refractivity contribution in [1.82, 2.24) is 14.7 Å². The van der Waals surface area contributed by atoms with Crippen LogP contribution in [0.2, 0.25) is 0 Å². The number of aromatic nitrogens is 2. The van der Waals surface area contributed by atoms with Gasteiger partial charge in [-0.05, 0) is 43.5 Å². The summed E-state index contributed by atoms with van der Waals surface area (Å²) < 4.78 is 6.56. The third-order valence-corrected chi connectivity index (χ3v) is 5.19. The molecule has 2 aromatic rings. The molecule has 1 saturated heterocycles. The molecule has 2 N–H and O–H groups in total. The Bertz CT molecular complexity index is 909. The fraction of sp³-hybridized carbons (Fsp3) is 0.455. The van der Waals surface area contributed by atoms with Crippen molar-refractivity contribution in [2.75, 3.05) is 30.8 Å². The Kier molecular flexibility index (Phi) is 7.64. The summed E-state index contributed by atoms with van der Waals surface area (Å²) in [4.78, 5) is 38.8. The number of rotatable bonds is 8. The Morgan fingerprint density at radius 3 is 2.65 bits per heavy atom. The number of piperidine rings is 1. The lowest BCUT2D eigenvalue weighted by molar-refractivity contribution is -0.134. The molecule has 3 amide bonds. The van der Waals surface area contributed by atoms with E-state index in [1.54, 1.807) is 42.5 Å². The standard InChI is InChI=1S/C22H29N5O4/c1-3-5-21(29)26-11-4-6-16(13-26)22(30)25-18-12-23-27(14-18)15-20(28)24-17-7-9-19(31-2)10-8-17/h7-10,12,14,16H,3-6,11,13,15H2,1-2H3,(H,24,28)(H,25,30). The molecule has 166 valence electrons. The van der Waals surface area contributed by atoms with Gasteiger partial charge in [-0.1, -0.05) is 6.92 Å². The van der Waals surface area contributed by atoms with Gasteiger partial charge in [0.2, 0.25) is 17.7 Å². The van der Waals surface area contributed by atoms with Gasteiger partial charge >= 0.3 is 0 Å². The quantitative estimate of drug-likeness (QED) is 0.673. The Labute approximate surface area is 181 Å². The van der Waals surface area contributed by atoms with Crippen LogP contribution in [0.4, 0.5) is 11.4 Å². The zero-order valence-electron chi connectivity index (χ0n) is 18.0. The second kappa shape index (κ2) is 10.6. The van der Waals surface area contributed by atoms with E-state index in [2.05, 4.69) is 15.7 Å². The highest BCUT2D eigenvalue weighted by Gasteiger charge is 2.28. The minimum Gasteiger partial charge on any atom is -0.497 e.